The number of carbonyl (C=O) groups is 1. The molecule has 0 spiro atoms. The lowest BCUT2D eigenvalue weighted by Crippen LogP contribution is -2.24. The van der Waals surface area contributed by atoms with Crippen LogP contribution in [-0.4, -0.2) is 11.0 Å². The number of nitrogens with one attached hydrogen (secondary N) is 1. The Morgan fingerprint density at radius 2 is 1.95 bits per heavy atom. The molecule has 0 radical (unpaired) electrons. The van der Waals surface area contributed by atoms with Gasteiger partial charge in [-0.05, 0) is 29.8 Å². The Bertz CT molecular complexity index is 662. The monoisotopic (exact) mass is 297 g/mol. The highest BCUT2D eigenvalue weighted by atomic mass is 35.5. The maximum Gasteiger partial charge on any atom is 0.254 e. The summed E-state index contributed by atoms with van der Waals surface area (Å²) < 4.78 is 26.7. The molecule has 6 heteroatoms. The summed E-state index contributed by atoms with van der Waals surface area (Å²) in [5, 5.41) is 11.3. The van der Waals surface area contributed by atoms with Crippen molar-refractivity contribution in [2.24, 2.45) is 0 Å². The van der Waals surface area contributed by atoms with Crippen LogP contribution < -0.4 is 5.32 Å². The van der Waals surface area contributed by atoms with E-state index in [2.05, 4.69) is 5.32 Å². The number of phenolic OH excluding ortho intramolecular Hbond substituents is 1. The molecule has 104 valence electrons. The Hall–Kier alpha value is -2.14. The van der Waals surface area contributed by atoms with Crippen LogP contribution in [0.15, 0.2) is 36.4 Å². The van der Waals surface area contributed by atoms with Crippen LogP contribution in [0.5, 0.6) is 5.75 Å². The molecular weight excluding hydrogens is 288 g/mol. The Labute approximate surface area is 118 Å². The third-order valence-electron chi connectivity index (χ3n) is 2.62. The summed E-state index contributed by atoms with van der Waals surface area (Å²) in [4.78, 5) is 11.8. The normalized spacial score (nSPS) is 10.3. The fraction of sp³-hybridized carbons (Fsp3) is 0.0714. The first kappa shape index (κ1) is 14.3. The van der Waals surface area contributed by atoms with E-state index in [9.17, 15) is 18.7 Å². The topological polar surface area (TPSA) is 49.3 Å². The minimum atomic E-state index is -0.898. The van der Waals surface area contributed by atoms with Crippen LogP contribution in [0, 0.1) is 11.6 Å². The Morgan fingerprint density at radius 3 is 2.65 bits per heavy atom. The van der Waals surface area contributed by atoms with Crippen molar-refractivity contribution in [1.29, 1.82) is 0 Å². The molecule has 0 fully saturated rings. The summed E-state index contributed by atoms with van der Waals surface area (Å²) in [6.45, 7) is 0.0803. The first-order valence-corrected chi connectivity index (χ1v) is 6.06. The Balaban J connectivity index is 2.11. The largest absolute Gasteiger partial charge is 0.508 e. The molecule has 0 aliphatic heterocycles. The number of aromatic hydroxyl groups is 1. The van der Waals surface area contributed by atoms with Crippen molar-refractivity contribution in [1.82, 2.24) is 5.32 Å². The molecular formula is C14H10ClF2NO2. The van der Waals surface area contributed by atoms with E-state index in [0.717, 1.165) is 12.1 Å². The molecule has 0 saturated heterocycles. The average Bonchev–Trinajstić information content (AvgIpc) is 2.40. The summed E-state index contributed by atoms with van der Waals surface area (Å²) in [5.41, 5.74) is 0.209. The van der Waals surface area contributed by atoms with Gasteiger partial charge in [-0.15, -0.1) is 0 Å². The van der Waals surface area contributed by atoms with E-state index < -0.39 is 23.1 Å². The summed E-state index contributed by atoms with van der Waals surface area (Å²) in [6, 6.07) is 7.73. The molecule has 0 bridgehead atoms. The van der Waals surface area contributed by atoms with Gasteiger partial charge in [0, 0.05) is 6.54 Å². The molecule has 0 saturated carbocycles. The van der Waals surface area contributed by atoms with Gasteiger partial charge in [-0.2, -0.15) is 0 Å². The number of rotatable bonds is 3. The van der Waals surface area contributed by atoms with Crippen LogP contribution in [0.25, 0.3) is 0 Å². The minimum Gasteiger partial charge on any atom is -0.508 e. The van der Waals surface area contributed by atoms with Crippen molar-refractivity contribution >= 4 is 17.5 Å². The molecule has 3 nitrogen and oxygen atoms in total. The molecule has 0 aliphatic rings. The molecule has 2 rings (SSSR count). The predicted molar refractivity (Wildman–Crippen MR) is 70.6 cm³/mol. The van der Waals surface area contributed by atoms with Gasteiger partial charge in [0.1, 0.15) is 17.4 Å². The highest BCUT2D eigenvalue weighted by Crippen LogP contribution is 2.19. The number of amides is 1. The summed E-state index contributed by atoms with van der Waals surface area (Å²) >= 11 is 5.41. The standard InChI is InChI=1S/C14H10ClF2NO2/c15-11-6-12(16)10(5-13(11)17)14(20)18-7-8-2-1-3-9(19)4-8/h1-6,19H,7H2,(H,18,20). The average molecular weight is 298 g/mol. The van der Waals surface area contributed by atoms with Crippen LogP contribution in [0.1, 0.15) is 15.9 Å². The first-order valence-electron chi connectivity index (χ1n) is 5.68. The van der Waals surface area contributed by atoms with Crippen molar-refractivity contribution in [2.75, 3.05) is 0 Å². The second kappa shape index (κ2) is 5.88. The molecule has 0 aromatic heterocycles. The summed E-state index contributed by atoms with van der Waals surface area (Å²) in [6.07, 6.45) is 0. The van der Waals surface area contributed by atoms with Gasteiger partial charge in [0.05, 0.1) is 10.6 Å². The van der Waals surface area contributed by atoms with Gasteiger partial charge >= 0.3 is 0 Å². The van der Waals surface area contributed by atoms with Crippen LogP contribution in [0.3, 0.4) is 0 Å². The van der Waals surface area contributed by atoms with Gasteiger partial charge in [-0.25, -0.2) is 8.78 Å². The third-order valence-corrected chi connectivity index (χ3v) is 2.91. The first-order chi connectivity index (χ1) is 9.47. The van der Waals surface area contributed by atoms with E-state index >= 15 is 0 Å². The molecule has 0 heterocycles. The fourth-order valence-corrected chi connectivity index (χ4v) is 1.79. The second-order valence-corrected chi connectivity index (χ2v) is 4.51. The number of phenols is 1. The van der Waals surface area contributed by atoms with Crippen LogP contribution in [0.4, 0.5) is 8.78 Å². The van der Waals surface area contributed by atoms with Gasteiger partial charge in [0.2, 0.25) is 0 Å². The molecule has 2 N–H and O–H groups in total. The lowest BCUT2D eigenvalue weighted by Gasteiger charge is -2.07. The van der Waals surface area contributed by atoms with Crippen LogP contribution >= 0.6 is 11.6 Å². The molecule has 20 heavy (non-hydrogen) atoms. The van der Waals surface area contributed by atoms with Crippen LogP contribution in [-0.2, 0) is 6.54 Å². The lowest BCUT2D eigenvalue weighted by atomic mass is 10.1. The van der Waals surface area contributed by atoms with E-state index in [1.54, 1.807) is 12.1 Å². The highest BCUT2D eigenvalue weighted by molar-refractivity contribution is 6.30. The van der Waals surface area contributed by atoms with Crippen molar-refractivity contribution in [2.45, 2.75) is 6.54 Å². The summed E-state index contributed by atoms with van der Waals surface area (Å²) in [5.74, 6) is -2.47. The van der Waals surface area contributed by atoms with E-state index in [-0.39, 0.29) is 17.3 Å². The van der Waals surface area contributed by atoms with E-state index in [0.29, 0.717) is 5.56 Å². The van der Waals surface area contributed by atoms with Crippen molar-refractivity contribution in [3.63, 3.8) is 0 Å². The smallest absolute Gasteiger partial charge is 0.254 e. The van der Waals surface area contributed by atoms with Crippen molar-refractivity contribution < 1.29 is 18.7 Å². The second-order valence-electron chi connectivity index (χ2n) is 4.10. The van der Waals surface area contributed by atoms with Gasteiger partial charge < -0.3 is 10.4 Å². The van der Waals surface area contributed by atoms with Crippen LogP contribution in [0.2, 0.25) is 5.02 Å². The maximum atomic E-state index is 13.5. The molecule has 0 aliphatic carbocycles. The van der Waals surface area contributed by atoms with E-state index in [1.165, 1.54) is 12.1 Å². The zero-order valence-electron chi connectivity index (χ0n) is 10.2. The lowest BCUT2D eigenvalue weighted by molar-refractivity contribution is 0.0946. The van der Waals surface area contributed by atoms with Gasteiger partial charge in [-0.1, -0.05) is 23.7 Å². The molecule has 2 aromatic carbocycles. The zero-order valence-corrected chi connectivity index (χ0v) is 10.9. The number of hydrogen-bond acceptors (Lipinski definition) is 2. The number of hydrogen-bond donors (Lipinski definition) is 2. The fourth-order valence-electron chi connectivity index (χ4n) is 1.64. The summed E-state index contributed by atoms with van der Waals surface area (Å²) in [7, 11) is 0. The Kier molecular flexibility index (Phi) is 4.20. The molecule has 0 atom stereocenters. The number of carbonyl (C=O) groups excluding carboxylic acids is 1. The molecule has 0 unspecified atom stereocenters. The molecule has 1 amide bonds. The van der Waals surface area contributed by atoms with Gasteiger partial charge in [0.15, 0.2) is 0 Å². The SMILES string of the molecule is O=C(NCc1cccc(O)c1)c1cc(F)c(Cl)cc1F. The van der Waals surface area contributed by atoms with E-state index in [4.69, 9.17) is 11.6 Å². The Morgan fingerprint density at radius 1 is 1.20 bits per heavy atom. The van der Waals surface area contributed by atoms with Gasteiger partial charge in [0.25, 0.3) is 5.91 Å². The minimum absolute atomic E-state index is 0.0560. The molecule has 2 aromatic rings. The number of halogens is 3. The predicted octanol–water partition coefficient (Wildman–Crippen LogP) is 3.25. The van der Waals surface area contributed by atoms with Crippen molar-refractivity contribution in [3.8, 4) is 5.75 Å². The van der Waals surface area contributed by atoms with Crippen molar-refractivity contribution in [3.05, 3.63) is 64.2 Å². The quantitative estimate of drug-likeness (QED) is 0.854. The maximum absolute atomic E-state index is 13.5. The third kappa shape index (κ3) is 3.24. The van der Waals surface area contributed by atoms with E-state index in [1.807, 2.05) is 0 Å². The highest BCUT2D eigenvalue weighted by Gasteiger charge is 2.15. The number of benzene rings is 2. The van der Waals surface area contributed by atoms with Gasteiger partial charge in [-0.3, -0.25) is 4.79 Å². The zero-order chi connectivity index (χ0) is 14.7.